The topological polar surface area (TPSA) is 3.24 Å². The van der Waals surface area contributed by atoms with Gasteiger partial charge in [0.1, 0.15) is 0 Å². The Hall–Kier alpha value is -0.530. The lowest BCUT2D eigenvalue weighted by Crippen LogP contribution is -2.39. The van der Waals surface area contributed by atoms with Gasteiger partial charge in [0, 0.05) is 18.5 Å². The summed E-state index contributed by atoms with van der Waals surface area (Å²) in [6.45, 7) is 5.57. The smallest absolute Gasteiger partial charge is 0.0386 e. The van der Waals surface area contributed by atoms with E-state index >= 15 is 0 Å². The number of piperidine rings is 1. The average molecular weight is 224 g/mol. The van der Waals surface area contributed by atoms with Crippen LogP contribution in [0.1, 0.15) is 18.9 Å². The Labute approximate surface area is 97.0 Å². The molecule has 0 aromatic heterocycles. The van der Waals surface area contributed by atoms with E-state index in [2.05, 4.69) is 42.2 Å². The molecule has 1 saturated heterocycles. The molecule has 0 spiro atoms. The van der Waals surface area contributed by atoms with Crippen LogP contribution in [0.5, 0.6) is 0 Å². The summed E-state index contributed by atoms with van der Waals surface area (Å²) in [6, 6.07) is 10.7. The molecule has 0 amide bonds. The number of hydrogen-bond acceptors (Lipinski definition) is 1. The van der Waals surface area contributed by atoms with Gasteiger partial charge in [-0.1, -0.05) is 37.3 Å². The maximum atomic E-state index is 6.21. The second-order valence-corrected chi connectivity index (χ2v) is 5.06. The molecule has 1 aromatic carbocycles. The van der Waals surface area contributed by atoms with Crippen LogP contribution in [0.4, 0.5) is 0 Å². The molecule has 15 heavy (non-hydrogen) atoms. The third-order valence-corrected chi connectivity index (χ3v) is 3.78. The maximum absolute atomic E-state index is 6.21. The average Bonchev–Trinajstić information content (AvgIpc) is 2.25. The molecule has 1 nitrogen and oxygen atoms in total. The van der Waals surface area contributed by atoms with Crippen LogP contribution in [0.15, 0.2) is 30.3 Å². The summed E-state index contributed by atoms with van der Waals surface area (Å²) >= 11 is 6.21. The molecule has 2 unspecified atom stereocenters. The Balaban J connectivity index is 1.91. The van der Waals surface area contributed by atoms with Crippen LogP contribution in [0.2, 0.25) is 0 Å². The first-order chi connectivity index (χ1) is 7.25. The first-order valence-electron chi connectivity index (χ1n) is 5.66. The van der Waals surface area contributed by atoms with Gasteiger partial charge in [-0.3, -0.25) is 4.90 Å². The van der Waals surface area contributed by atoms with Gasteiger partial charge < -0.3 is 0 Å². The summed E-state index contributed by atoms with van der Waals surface area (Å²) < 4.78 is 0. The monoisotopic (exact) mass is 223 g/mol. The number of hydrogen-bond donors (Lipinski definition) is 0. The largest absolute Gasteiger partial charge is 0.299 e. The van der Waals surface area contributed by atoms with Gasteiger partial charge in [0.15, 0.2) is 0 Å². The maximum Gasteiger partial charge on any atom is 0.0386 e. The van der Waals surface area contributed by atoms with E-state index in [1.165, 1.54) is 5.56 Å². The van der Waals surface area contributed by atoms with Gasteiger partial charge in [0.05, 0.1) is 0 Å². The van der Waals surface area contributed by atoms with Crippen molar-refractivity contribution in [2.24, 2.45) is 5.92 Å². The molecule has 0 N–H and O–H groups in total. The van der Waals surface area contributed by atoms with Crippen molar-refractivity contribution in [3.05, 3.63) is 35.9 Å². The SMILES string of the molecule is CC1CN(Cc2ccccc2)CCC1Cl. The minimum atomic E-state index is 0.372. The summed E-state index contributed by atoms with van der Waals surface area (Å²) in [4.78, 5) is 2.50. The summed E-state index contributed by atoms with van der Waals surface area (Å²) in [7, 11) is 0. The fraction of sp³-hybridized carbons (Fsp3) is 0.538. The van der Waals surface area contributed by atoms with E-state index in [0.717, 1.165) is 26.1 Å². The van der Waals surface area contributed by atoms with Crippen molar-refractivity contribution in [1.29, 1.82) is 0 Å². The molecule has 1 aliphatic heterocycles. The highest BCUT2D eigenvalue weighted by Crippen LogP contribution is 2.22. The Morgan fingerprint density at radius 3 is 2.73 bits per heavy atom. The number of alkyl halides is 1. The van der Waals surface area contributed by atoms with Gasteiger partial charge in [-0.2, -0.15) is 0 Å². The molecule has 1 fully saturated rings. The zero-order chi connectivity index (χ0) is 10.7. The second-order valence-electron chi connectivity index (χ2n) is 4.50. The fourth-order valence-electron chi connectivity index (χ4n) is 2.19. The van der Waals surface area contributed by atoms with Gasteiger partial charge in [-0.15, -0.1) is 11.6 Å². The van der Waals surface area contributed by atoms with E-state index in [9.17, 15) is 0 Å². The fourth-order valence-corrected chi connectivity index (χ4v) is 2.37. The number of likely N-dealkylation sites (tertiary alicyclic amines) is 1. The highest BCUT2D eigenvalue weighted by molar-refractivity contribution is 6.20. The molecule has 2 atom stereocenters. The number of nitrogens with zero attached hydrogens (tertiary/aromatic N) is 1. The van der Waals surface area contributed by atoms with E-state index in [-0.39, 0.29) is 0 Å². The molecule has 1 aromatic rings. The van der Waals surface area contributed by atoms with Crippen molar-refractivity contribution in [3.8, 4) is 0 Å². The van der Waals surface area contributed by atoms with Crippen LogP contribution in [-0.2, 0) is 6.54 Å². The van der Waals surface area contributed by atoms with E-state index in [1.54, 1.807) is 0 Å². The quantitative estimate of drug-likeness (QED) is 0.697. The van der Waals surface area contributed by atoms with Crippen molar-refractivity contribution in [2.75, 3.05) is 13.1 Å². The van der Waals surface area contributed by atoms with E-state index < -0.39 is 0 Å². The van der Waals surface area contributed by atoms with E-state index in [1.807, 2.05) is 0 Å². The summed E-state index contributed by atoms with van der Waals surface area (Å²) in [5.41, 5.74) is 1.40. The number of rotatable bonds is 2. The third-order valence-electron chi connectivity index (χ3n) is 3.13. The minimum absolute atomic E-state index is 0.372. The van der Waals surface area contributed by atoms with Gasteiger partial charge in [0.2, 0.25) is 0 Å². The van der Waals surface area contributed by atoms with Gasteiger partial charge in [-0.25, -0.2) is 0 Å². The molecular formula is C13H18ClN. The van der Waals surface area contributed by atoms with Crippen molar-refractivity contribution < 1.29 is 0 Å². The number of halogens is 1. The molecular weight excluding hydrogens is 206 g/mol. The second kappa shape index (κ2) is 5.00. The third kappa shape index (κ3) is 2.96. The molecule has 2 rings (SSSR count). The van der Waals surface area contributed by atoms with Crippen LogP contribution in [0, 0.1) is 5.92 Å². The molecule has 0 aliphatic carbocycles. The first-order valence-corrected chi connectivity index (χ1v) is 6.09. The molecule has 0 saturated carbocycles. The standard InChI is InChI=1S/C13H18ClN/c1-11-9-15(8-7-13(11)14)10-12-5-3-2-4-6-12/h2-6,11,13H,7-10H2,1H3. The van der Waals surface area contributed by atoms with Gasteiger partial charge in [-0.05, 0) is 24.4 Å². The summed E-state index contributed by atoms with van der Waals surface area (Å²) in [6.07, 6.45) is 1.12. The molecule has 2 heteroatoms. The van der Waals surface area contributed by atoms with E-state index in [0.29, 0.717) is 11.3 Å². The lowest BCUT2D eigenvalue weighted by molar-refractivity contribution is 0.180. The molecule has 0 radical (unpaired) electrons. The molecule has 82 valence electrons. The highest BCUT2D eigenvalue weighted by atomic mass is 35.5. The normalized spacial score (nSPS) is 27.9. The number of benzene rings is 1. The molecule has 0 bridgehead atoms. The van der Waals surface area contributed by atoms with Crippen LogP contribution in [0.25, 0.3) is 0 Å². The summed E-state index contributed by atoms with van der Waals surface area (Å²) in [5.74, 6) is 0.615. The lowest BCUT2D eigenvalue weighted by Gasteiger charge is -2.34. The molecule has 1 aliphatic rings. The van der Waals surface area contributed by atoms with E-state index in [4.69, 9.17) is 11.6 Å². The van der Waals surface area contributed by atoms with Crippen molar-refractivity contribution in [1.82, 2.24) is 4.90 Å². The van der Waals surface area contributed by atoms with Crippen LogP contribution >= 0.6 is 11.6 Å². The van der Waals surface area contributed by atoms with Crippen molar-refractivity contribution >= 4 is 11.6 Å². The van der Waals surface area contributed by atoms with Crippen LogP contribution in [0.3, 0.4) is 0 Å². The Morgan fingerprint density at radius 1 is 1.33 bits per heavy atom. The predicted molar refractivity (Wildman–Crippen MR) is 65.1 cm³/mol. The summed E-state index contributed by atoms with van der Waals surface area (Å²) in [5, 5.41) is 0.372. The van der Waals surface area contributed by atoms with Crippen molar-refractivity contribution in [3.63, 3.8) is 0 Å². The van der Waals surface area contributed by atoms with Crippen molar-refractivity contribution in [2.45, 2.75) is 25.3 Å². The Bertz CT molecular complexity index is 299. The minimum Gasteiger partial charge on any atom is -0.299 e. The Morgan fingerprint density at radius 2 is 2.07 bits per heavy atom. The zero-order valence-corrected chi connectivity index (χ0v) is 9.95. The highest BCUT2D eigenvalue weighted by Gasteiger charge is 2.23. The Kier molecular flexibility index (Phi) is 3.66. The van der Waals surface area contributed by atoms with Gasteiger partial charge in [0.25, 0.3) is 0 Å². The predicted octanol–water partition coefficient (Wildman–Crippen LogP) is 3.14. The lowest BCUT2D eigenvalue weighted by atomic mass is 9.99. The van der Waals surface area contributed by atoms with Crippen LogP contribution < -0.4 is 0 Å². The first kappa shape index (κ1) is 11.0. The van der Waals surface area contributed by atoms with Crippen LogP contribution in [-0.4, -0.2) is 23.4 Å². The van der Waals surface area contributed by atoms with Gasteiger partial charge >= 0.3 is 0 Å². The molecule has 1 heterocycles. The zero-order valence-electron chi connectivity index (χ0n) is 9.20.